The van der Waals surface area contributed by atoms with E-state index in [1.165, 1.54) is 6.92 Å². The number of rotatable bonds is 2. The molecule has 6 nitrogen and oxygen atoms in total. The Bertz CT molecular complexity index is 763. The third kappa shape index (κ3) is 2.65. The summed E-state index contributed by atoms with van der Waals surface area (Å²) in [6, 6.07) is 1.55. The molecular formula is C10H7F2O6P. The zero-order valence-corrected chi connectivity index (χ0v) is 10.3. The van der Waals surface area contributed by atoms with E-state index in [-0.39, 0.29) is 16.5 Å². The van der Waals surface area contributed by atoms with Gasteiger partial charge in [0.1, 0.15) is 17.1 Å². The number of hydrogen-bond donors (Lipinski definition) is 2. The third-order valence-electron chi connectivity index (χ3n) is 2.34. The zero-order chi connectivity index (χ0) is 14.4. The van der Waals surface area contributed by atoms with E-state index in [0.29, 0.717) is 6.07 Å². The predicted octanol–water partition coefficient (Wildman–Crippen LogP) is 1.85. The lowest BCUT2D eigenvalue weighted by Gasteiger charge is -2.09. The summed E-state index contributed by atoms with van der Waals surface area (Å²) < 4.78 is 46.3. The van der Waals surface area contributed by atoms with Gasteiger partial charge in [-0.05, 0) is 6.92 Å². The standard InChI is InChI=1S/C10H7F2O6P/c1-4-8-6(11)2-5(18-19(14,15)16)3-7(8)17-10(13)9(4)12/h2-3H,1H3,(H2,14,15,16). The SMILES string of the molecule is Cc1c(F)c(=O)oc2cc(OP(=O)(O)O)cc(F)c12. The fourth-order valence-electron chi connectivity index (χ4n) is 1.60. The molecule has 0 spiro atoms. The van der Waals surface area contributed by atoms with Crippen molar-refractivity contribution in [1.29, 1.82) is 0 Å². The molecule has 9 heteroatoms. The van der Waals surface area contributed by atoms with Gasteiger partial charge in [-0.3, -0.25) is 9.79 Å². The molecule has 0 saturated heterocycles. The summed E-state index contributed by atoms with van der Waals surface area (Å²) in [5.41, 5.74) is -1.93. The van der Waals surface area contributed by atoms with Crippen molar-refractivity contribution < 1.29 is 32.1 Å². The number of fused-ring (bicyclic) bond motifs is 1. The number of hydrogen-bond acceptors (Lipinski definition) is 4. The van der Waals surface area contributed by atoms with E-state index in [1.807, 2.05) is 0 Å². The number of phosphoric acid groups is 1. The van der Waals surface area contributed by atoms with Gasteiger partial charge >= 0.3 is 13.4 Å². The largest absolute Gasteiger partial charge is 0.524 e. The van der Waals surface area contributed by atoms with E-state index in [4.69, 9.17) is 9.79 Å². The molecule has 2 rings (SSSR count). The fraction of sp³-hybridized carbons (Fsp3) is 0.100. The maximum atomic E-state index is 13.7. The zero-order valence-electron chi connectivity index (χ0n) is 9.39. The van der Waals surface area contributed by atoms with Crippen molar-refractivity contribution in [2.75, 3.05) is 0 Å². The van der Waals surface area contributed by atoms with Gasteiger partial charge in [0.2, 0.25) is 5.82 Å². The average Bonchev–Trinajstić information content (AvgIpc) is 2.22. The average molecular weight is 292 g/mol. The maximum Gasteiger partial charge on any atom is 0.524 e. The van der Waals surface area contributed by atoms with Crippen molar-refractivity contribution in [3.63, 3.8) is 0 Å². The number of benzene rings is 1. The Kier molecular flexibility index (Phi) is 3.17. The molecule has 1 aromatic heterocycles. The maximum absolute atomic E-state index is 13.7. The number of phosphoric ester groups is 1. The Labute approximate surface area is 104 Å². The van der Waals surface area contributed by atoms with Crippen molar-refractivity contribution in [3.8, 4) is 5.75 Å². The highest BCUT2D eigenvalue weighted by Crippen LogP contribution is 2.39. The minimum Gasteiger partial charge on any atom is -0.420 e. The third-order valence-corrected chi connectivity index (χ3v) is 2.79. The summed E-state index contributed by atoms with van der Waals surface area (Å²) in [4.78, 5) is 28.3. The molecule has 0 aliphatic heterocycles. The fourth-order valence-corrected chi connectivity index (χ4v) is 1.98. The molecule has 0 aliphatic rings. The number of aryl methyl sites for hydroxylation is 1. The lowest BCUT2D eigenvalue weighted by Crippen LogP contribution is -2.08. The Morgan fingerprint density at radius 3 is 2.53 bits per heavy atom. The van der Waals surface area contributed by atoms with Crippen molar-refractivity contribution in [1.82, 2.24) is 0 Å². The van der Waals surface area contributed by atoms with Crippen LogP contribution in [0.15, 0.2) is 21.3 Å². The molecule has 19 heavy (non-hydrogen) atoms. The molecule has 102 valence electrons. The van der Waals surface area contributed by atoms with E-state index in [9.17, 15) is 18.1 Å². The molecule has 1 heterocycles. The highest BCUT2D eigenvalue weighted by molar-refractivity contribution is 7.46. The second-order valence-corrected chi connectivity index (χ2v) is 4.85. The van der Waals surface area contributed by atoms with E-state index < -0.39 is 30.8 Å². The smallest absolute Gasteiger partial charge is 0.420 e. The van der Waals surface area contributed by atoms with Crippen molar-refractivity contribution >= 4 is 18.8 Å². The highest BCUT2D eigenvalue weighted by atomic mass is 31.2. The summed E-state index contributed by atoms with van der Waals surface area (Å²) in [6.07, 6.45) is 0. The van der Waals surface area contributed by atoms with Gasteiger partial charge < -0.3 is 8.94 Å². The Morgan fingerprint density at radius 2 is 1.95 bits per heavy atom. The van der Waals surface area contributed by atoms with Gasteiger partial charge in [0.05, 0.1) is 5.39 Å². The summed E-state index contributed by atoms with van der Waals surface area (Å²) >= 11 is 0. The Balaban J connectivity index is 2.74. The Morgan fingerprint density at radius 1 is 1.32 bits per heavy atom. The highest BCUT2D eigenvalue weighted by Gasteiger charge is 2.20. The van der Waals surface area contributed by atoms with Gasteiger partial charge in [-0.1, -0.05) is 0 Å². The molecule has 0 unspecified atom stereocenters. The molecule has 0 fully saturated rings. The van der Waals surface area contributed by atoms with Crippen LogP contribution in [0.5, 0.6) is 5.75 Å². The molecule has 0 amide bonds. The van der Waals surface area contributed by atoms with Crippen LogP contribution < -0.4 is 10.1 Å². The normalized spacial score (nSPS) is 11.8. The van der Waals surface area contributed by atoms with Gasteiger partial charge in [0, 0.05) is 17.7 Å². The van der Waals surface area contributed by atoms with E-state index in [2.05, 4.69) is 8.94 Å². The summed E-state index contributed by atoms with van der Waals surface area (Å²) in [5.74, 6) is -2.79. The van der Waals surface area contributed by atoms with Crippen LogP contribution in [0.25, 0.3) is 11.0 Å². The van der Waals surface area contributed by atoms with Crippen LogP contribution in [0, 0.1) is 18.6 Å². The minimum atomic E-state index is -4.88. The summed E-state index contributed by atoms with van der Waals surface area (Å²) in [5, 5.41) is -0.296. The predicted molar refractivity (Wildman–Crippen MR) is 59.8 cm³/mol. The van der Waals surface area contributed by atoms with Gasteiger partial charge in [-0.15, -0.1) is 0 Å². The van der Waals surface area contributed by atoms with Gasteiger partial charge in [-0.2, -0.15) is 4.39 Å². The summed E-state index contributed by atoms with van der Waals surface area (Å²) in [6.45, 7) is 1.18. The van der Waals surface area contributed by atoms with Crippen LogP contribution in [-0.2, 0) is 4.57 Å². The summed E-state index contributed by atoms with van der Waals surface area (Å²) in [7, 11) is -4.88. The second kappa shape index (κ2) is 4.41. The molecule has 0 bridgehead atoms. The van der Waals surface area contributed by atoms with E-state index in [1.54, 1.807) is 0 Å². The molecule has 0 aliphatic carbocycles. The molecule has 0 atom stereocenters. The van der Waals surface area contributed by atoms with Gasteiger partial charge in [0.15, 0.2) is 0 Å². The van der Waals surface area contributed by atoms with Crippen LogP contribution in [-0.4, -0.2) is 9.79 Å². The van der Waals surface area contributed by atoms with Crippen LogP contribution in [0.3, 0.4) is 0 Å². The van der Waals surface area contributed by atoms with Crippen molar-refractivity contribution in [2.24, 2.45) is 0 Å². The van der Waals surface area contributed by atoms with E-state index >= 15 is 0 Å². The quantitative estimate of drug-likeness (QED) is 0.647. The molecule has 0 radical (unpaired) electrons. The first-order valence-corrected chi connectivity index (χ1v) is 6.39. The van der Waals surface area contributed by atoms with Crippen molar-refractivity contribution in [2.45, 2.75) is 6.92 Å². The molecule has 1 aromatic carbocycles. The first kappa shape index (κ1) is 13.7. The second-order valence-electron chi connectivity index (χ2n) is 3.69. The molecular weight excluding hydrogens is 285 g/mol. The minimum absolute atomic E-state index is 0.258. The molecule has 0 saturated carbocycles. The lowest BCUT2D eigenvalue weighted by molar-refractivity contribution is 0.283. The van der Waals surface area contributed by atoms with Gasteiger partial charge in [0.25, 0.3) is 0 Å². The van der Waals surface area contributed by atoms with Crippen LogP contribution >= 0.6 is 7.82 Å². The van der Waals surface area contributed by atoms with E-state index in [0.717, 1.165) is 6.07 Å². The van der Waals surface area contributed by atoms with Crippen LogP contribution in [0.2, 0.25) is 0 Å². The van der Waals surface area contributed by atoms with Crippen LogP contribution in [0.1, 0.15) is 5.56 Å². The first-order valence-electron chi connectivity index (χ1n) is 4.86. The monoisotopic (exact) mass is 292 g/mol. The first-order chi connectivity index (χ1) is 8.69. The van der Waals surface area contributed by atoms with Crippen molar-refractivity contribution in [3.05, 3.63) is 39.8 Å². The van der Waals surface area contributed by atoms with Gasteiger partial charge in [-0.25, -0.2) is 13.8 Å². The Hall–Kier alpha value is -1.76. The van der Waals surface area contributed by atoms with Crippen LogP contribution in [0.4, 0.5) is 8.78 Å². The lowest BCUT2D eigenvalue weighted by atomic mass is 10.1. The number of halogens is 2. The topological polar surface area (TPSA) is 97.0 Å². The molecule has 2 N–H and O–H groups in total. The molecule has 2 aromatic rings.